The highest BCUT2D eigenvalue weighted by Gasteiger charge is 2.22. The molecule has 1 heterocycles. The van der Waals surface area contributed by atoms with Crippen LogP contribution < -0.4 is 10.6 Å². The Labute approximate surface area is 111 Å². The second kappa shape index (κ2) is 4.64. The summed E-state index contributed by atoms with van der Waals surface area (Å²) in [4.78, 5) is 13.9. The number of benzene rings is 1. The molecule has 19 heavy (non-hydrogen) atoms. The van der Waals surface area contributed by atoms with Gasteiger partial charge in [-0.2, -0.15) is 5.10 Å². The van der Waals surface area contributed by atoms with E-state index in [4.69, 9.17) is 5.73 Å². The summed E-state index contributed by atoms with van der Waals surface area (Å²) in [5.74, 6) is -0.0909. The number of carbonyl (C=O) groups excluding carboxylic acids is 1. The number of rotatable bonds is 2. The van der Waals surface area contributed by atoms with E-state index in [9.17, 15) is 9.90 Å². The van der Waals surface area contributed by atoms with Gasteiger partial charge in [-0.05, 0) is 31.2 Å². The monoisotopic (exact) mass is 260 g/mol. The van der Waals surface area contributed by atoms with Crippen LogP contribution in [0.1, 0.15) is 16.2 Å². The first-order valence-electron chi connectivity index (χ1n) is 5.78. The van der Waals surface area contributed by atoms with Crippen LogP contribution in [-0.2, 0) is 7.05 Å². The molecule has 0 aliphatic carbocycles. The summed E-state index contributed by atoms with van der Waals surface area (Å²) in [6, 6.07) is 6.37. The molecule has 0 saturated carbocycles. The van der Waals surface area contributed by atoms with E-state index in [1.807, 2.05) is 0 Å². The van der Waals surface area contributed by atoms with Gasteiger partial charge in [-0.25, -0.2) is 0 Å². The largest absolute Gasteiger partial charge is 0.508 e. The quantitative estimate of drug-likeness (QED) is 0.852. The smallest absolute Gasteiger partial charge is 0.278 e. The second-order valence-corrected chi connectivity index (χ2v) is 4.35. The topological polar surface area (TPSA) is 84.4 Å². The van der Waals surface area contributed by atoms with Gasteiger partial charge in [0.25, 0.3) is 5.91 Å². The number of phenolic OH excluding ortho intramolecular Hbond substituents is 1. The molecule has 6 nitrogen and oxygen atoms in total. The SMILES string of the molecule is Cc1nn(C)c(C(=O)N(C)c2ccc(O)cc2)c1N. The number of hydrogen-bond acceptors (Lipinski definition) is 4. The van der Waals surface area contributed by atoms with Crippen LogP contribution in [-0.4, -0.2) is 27.8 Å². The third kappa shape index (κ3) is 2.24. The lowest BCUT2D eigenvalue weighted by atomic mass is 10.2. The van der Waals surface area contributed by atoms with Crippen molar-refractivity contribution in [3.05, 3.63) is 35.7 Å². The summed E-state index contributed by atoms with van der Waals surface area (Å²) in [5, 5.41) is 13.4. The molecule has 0 spiro atoms. The highest BCUT2D eigenvalue weighted by molar-refractivity contribution is 6.08. The van der Waals surface area contributed by atoms with Gasteiger partial charge in [-0.1, -0.05) is 0 Å². The van der Waals surface area contributed by atoms with Gasteiger partial charge in [0.1, 0.15) is 11.4 Å². The number of nitrogens with zero attached hydrogens (tertiary/aromatic N) is 3. The number of aryl methyl sites for hydroxylation is 2. The van der Waals surface area contributed by atoms with Gasteiger partial charge in [0.05, 0.1) is 11.4 Å². The maximum atomic E-state index is 12.4. The minimum atomic E-state index is -0.244. The number of hydrogen-bond donors (Lipinski definition) is 2. The molecular formula is C13H16N4O2. The molecule has 0 aliphatic heterocycles. The van der Waals surface area contributed by atoms with E-state index in [0.717, 1.165) is 0 Å². The fourth-order valence-electron chi connectivity index (χ4n) is 1.88. The van der Waals surface area contributed by atoms with Crippen LogP contribution in [0.5, 0.6) is 5.75 Å². The van der Waals surface area contributed by atoms with Crippen LogP contribution in [0, 0.1) is 6.92 Å². The fourth-order valence-corrected chi connectivity index (χ4v) is 1.88. The van der Waals surface area contributed by atoms with Gasteiger partial charge >= 0.3 is 0 Å². The number of nitrogen functional groups attached to an aromatic ring is 1. The zero-order valence-corrected chi connectivity index (χ0v) is 11.1. The predicted octanol–water partition coefficient (Wildman–Crippen LogP) is 1.29. The summed E-state index contributed by atoms with van der Waals surface area (Å²) in [6.07, 6.45) is 0. The first-order valence-corrected chi connectivity index (χ1v) is 5.78. The molecule has 6 heteroatoms. The van der Waals surface area contributed by atoms with E-state index >= 15 is 0 Å². The molecule has 0 fully saturated rings. The maximum absolute atomic E-state index is 12.4. The Morgan fingerprint density at radius 1 is 1.37 bits per heavy atom. The van der Waals surface area contributed by atoms with Crippen molar-refractivity contribution in [1.82, 2.24) is 9.78 Å². The Morgan fingerprint density at radius 2 is 1.95 bits per heavy atom. The third-order valence-corrected chi connectivity index (χ3v) is 3.01. The van der Waals surface area contributed by atoms with Crippen LogP contribution in [0.25, 0.3) is 0 Å². The molecule has 100 valence electrons. The lowest BCUT2D eigenvalue weighted by Crippen LogP contribution is -2.28. The van der Waals surface area contributed by atoms with Crippen LogP contribution in [0.15, 0.2) is 24.3 Å². The zero-order valence-electron chi connectivity index (χ0n) is 11.1. The van der Waals surface area contributed by atoms with Crippen LogP contribution in [0.3, 0.4) is 0 Å². The van der Waals surface area contributed by atoms with Crippen LogP contribution in [0.2, 0.25) is 0 Å². The second-order valence-electron chi connectivity index (χ2n) is 4.35. The molecule has 0 saturated heterocycles. The Bertz CT molecular complexity index is 616. The summed E-state index contributed by atoms with van der Waals surface area (Å²) in [7, 11) is 3.33. The molecule has 3 N–H and O–H groups in total. The molecule has 0 bridgehead atoms. The average Bonchev–Trinajstić information content (AvgIpc) is 2.62. The number of phenols is 1. The van der Waals surface area contributed by atoms with Gasteiger partial charge in [-0.15, -0.1) is 0 Å². The zero-order chi connectivity index (χ0) is 14.2. The lowest BCUT2D eigenvalue weighted by Gasteiger charge is -2.17. The van der Waals surface area contributed by atoms with Crippen molar-refractivity contribution in [2.24, 2.45) is 7.05 Å². The van der Waals surface area contributed by atoms with Gasteiger partial charge in [0.2, 0.25) is 0 Å². The lowest BCUT2D eigenvalue weighted by molar-refractivity contribution is 0.0985. The predicted molar refractivity (Wildman–Crippen MR) is 73.2 cm³/mol. The molecule has 1 aromatic carbocycles. The molecule has 0 aliphatic rings. The van der Waals surface area contributed by atoms with Gasteiger partial charge < -0.3 is 15.7 Å². The minimum Gasteiger partial charge on any atom is -0.508 e. The molecule has 0 atom stereocenters. The third-order valence-electron chi connectivity index (χ3n) is 3.01. The first-order chi connectivity index (χ1) is 8.91. The number of nitrogens with two attached hydrogens (primary N) is 1. The van der Waals surface area contributed by atoms with Crippen LogP contribution >= 0.6 is 0 Å². The fraction of sp³-hybridized carbons (Fsp3) is 0.231. The van der Waals surface area contributed by atoms with E-state index in [1.165, 1.54) is 21.7 Å². The average molecular weight is 260 g/mol. The standard InChI is InChI=1S/C13H16N4O2/c1-8-11(14)12(17(3)15-8)13(19)16(2)9-4-6-10(18)7-5-9/h4-7,18H,14H2,1-3H3. The van der Waals surface area contributed by atoms with E-state index in [-0.39, 0.29) is 11.7 Å². The summed E-state index contributed by atoms with van der Waals surface area (Å²) in [6.45, 7) is 1.76. The highest BCUT2D eigenvalue weighted by atomic mass is 16.3. The molecule has 2 rings (SSSR count). The number of carbonyl (C=O) groups is 1. The van der Waals surface area contributed by atoms with Gasteiger partial charge in [0, 0.05) is 19.8 Å². The van der Waals surface area contributed by atoms with E-state index in [2.05, 4.69) is 5.10 Å². The molecular weight excluding hydrogens is 244 g/mol. The number of aromatic hydroxyl groups is 1. The Morgan fingerprint density at radius 3 is 2.42 bits per heavy atom. The molecule has 1 aromatic heterocycles. The van der Waals surface area contributed by atoms with Gasteiger partial charge in [0.15, 0.2) is 0 Å². The summed E-state index contributed by atoms with van der Waals surface area (Å²) >= 11 is 0. The summed E-state index contributed by atoms with van der Waals surface area (Å²) < 4.78 is 1.48. The number of aromatic nitrogens is 2. The summed E-state index contributed by atoms with van der Waals surface area (Å²) in [5.41, 5.74) is 7.91. The number of amides is 1. The van der Waals surface area contributed by atoms with Crippen molar-refractivity contribution < 1.29 is 9.90 Å². The molecule has 1 amide bonds. The minimum absolute atomic E-state index is 0.153. The van der Waals surface area contributed by atoms with Gasteiger partial charge in [-0.3, -0.25) is 9.48 Å². The van der Waals surface area contributed by atoms with E-state index in [0.29, 0.717) is 22.8 Å². The van der Waals surface area contributed by atoms with E-state index in [1.54, 1.807) is 33.2 Å². The van der Waals surface area contributed by atoms with Crippen molar-refractivity contribution in [2.45, 2.75) is 6.92 Å². The molecule has 2 aromatic rings. The van der Waals surface area contributed by atoms with Crippen molar-refractivity contribution in [1.29, 1.82) is 0 Å². The van der Waals surface area contributed by atoms with Crippen molar-refractivity contribution in [2.75, 3.05) is 17.7 Å². The normalized spacial score (nSPS) is 10.5. The Balaban J connectivity index is 2.36. The highest BCUT2D eigenvalue weighted by Crippen LogP contribution is 2.22. The Kier molecular flexibility index (Phi) is 3.16. The van der Waals surface area contributed by atoms with Crippen molar-refractivity contribution in [3.8, 4) is 5.75 Å². The van der Waals surface area contributed by atoms with Crippen molar-refractivity contribution >= 4 is 17.3 Å². The molecule has 0 radical (unpaired) electrons. The first kappa shape index (κ1) is 12.9. The Hall–Kier alpha value is -2.50. The molecule has 0 unspecified atom stereocenters. The van der Waals surface area contributed by atoms with Crippen LogP contribution in [0.4, 0.5) is 11.4 Å². The maximum Gasteiger partial charge on any atom is 0.278 e. The van der Waals surface area contributed by atoms with E-state index < -0.39 is 0 Å². The van der Waals surface area contributed by atoms with Crippen molar-refractivity contribution in [3.63, 3.8) is 0 Å². The number of anilines is 2.